The Hall–Kier alpha value is -2.42. The van der Waals surface area contributed by atoms with Crippen molar-refractivity contribution in [3.05, 3.63) is 28.5 Å². The number of anilines is 1. The predicted molar refractivity (Wildman–Crippen MR) is 84.5 cm³/mol. The molecule has 3 rings (SSSR count). The van der Waals surface area contributed by atoms with E-state index in [1.807, 2.05) is 6.92 Å². The van der Waals surface area contributed by atoms with E-state index >= 15 is 0 Å². The van der Waals surface area contributed by atoms with Gasteiger partial charge >= 0.3 is 6.09 Å². The average molecular weight is 335 g/mol. The smallest absolute Gasteiger partial charge is 0.409 e. The van der Waals surface area contributed by atoms with Gasteiger partial charge in [0.05, 0.1) is 19.3 Å². The molecule has 0 saturated carbocycles. The highest BCUT2D eigenvalue weighted by atomic mass is 32.1. The second-order valence-electron chi connectivity index (χ2n) is 5.02. The Bertz CT molecular complexity index is 739. The van der Waals surface area contributed by atoms with Gasteiger partial charge in [-0.05, 0) is 13.0 Å². The van der Waals surface area contributed by atoms with Gasteiger partial charge in [-0.15, -0.1) is 0 Å². The van der Waals surface area contributed by atoms with Crippen molar-refractivity contribution in [3.63, 3.8) is 0 Å². The molecule has 1 aliphatic heterocycles. The molecule has 0 spiro atoms. The van der Waals surface area contributed by atoms with E-state index in [0.29, 0.717) is 36.9 Å². The van der Waals surface area contributed by atoms with E-state index in [4.69, 9.17) is 4.74 Å². The molecule has 3 heterocycles. The lowest BCUT2D eigenvalue weighted by atomic mass is 10.2. The highest BCUT2D eigenvalue weighted by Gasteiger charge is 2.25. The fraction of sp³-hybridized carbons (Fsp3) is 0.429. The van der Waals surface area contributed by atoms with Gasteiger partial charge in [0, 0.05) is 30.6 Å². The van der Waals surface area contributed by atoms with Gasteiger partial charge in [-0.2, -0.15) is 5.10 Å². The molecule has 0 radical (unpaired) electrons. The topological polar surface area (TPSA) is 89.4 Å². The molecule has 1 aliphatic rings. The molecule has 23 heavy (non-hydrogen) atoms. The molecular formula is C14H17N5O3S. The van der Waals surface area contributed by atoms with Crippen LogP contribution >= 0.6 is 11.3 Å². The van der Waals surface area contributed by atoms with E-state index in [-0.39, 0.29) is 12.0 Å². The zero-order valence-electron chi connectivity index (χ0n) is 12.9. The van der Waals surface area contributed by atoms with Gasteiger partial charge in [0.25, 0.3) is 5.91 Å². The minimum Gasteiger partial charge on any atom is -0.453 e. The number of hydrogen-bond donors (Lipinski definition) is 1. The molecule has 1 N–H and O–H groups in total. The summed E-state index contributed by atoms with van der Waals surface area (Å²) in [5.74, 6) is -0.236. The van der Waals surface area contributed by atoms with Gasteiger partial charge in [0.2, 0.25) is 0 Å². The third kappa shape index (κ3) is 3.04. The van der Waals surface area contributed by atoms with Crippen LogP contribution in [0.15, 0.2) is 12.3 Å². The molecule has 2 amide bonds. The van der Waals surface area contributed by atoms with Crippen LogP contribution in [0.2, 0.25) is 0 Å². The van der Waals surface area contributed by atoms with Crippen LogP contribution in [0.25, 0.3) is 0 Å². The lowest BCUT2D eigenvalue weighted by molar-refractivity contribution is 0.101. The van der Waals surface area contributed by atoms with Crippen molar-refractivity contribution in [1.82, 2.24) is 19.7 Å². The molecule has 0 bridgehead atoms. The predicted octanol–water partition coefficient (Wildman–Crippen LogP) is 1.74. The van der Waals surface area contributed by atoms with Crippen LogP contribution in [0.4, 0.5) is 9.93 Å². The largest absolute Gasteiger partial charge is 0.453 e. The molecule has 0 aliphatic carbocycles. The Balaban J connectivity index is 1.73. The number of nitrogens with one attached hydrogen (secondary N) is 1. The van der Waals surface area contributed by atoms with Crippen molar-refractivity contribution >= 4 is 28.5 Å². The minimum absolute atomic E-state index is 0.236. The summed E-state index contributed by atoms with van der Waals surface area (Å²) in [6, 6.07) is 1.67. The first-order chi connectivity index (χ1) is 11.1. The van der Waals surface area contributed by atoms with E-state index in [2.05, 4.69) is 15.4 Å². The third-order valence-electron chi connectivity index (χ3n) is 3.63. The zero-order chi connectivity index (χ0) is 16.4. The van der Waals surface area contributed by atoms with E-state index in [9.17, 15) is 9.59 Å². The van der Waals surface area contributed by atoms with Gasteiger partial charge in [-0.3, -0.25) is 14.8 Å². The summed E-state index contributed by atoms with van der Waals surface area (Å²) < 4.78 is 6.37. The number of fused-ring (bicyclic) bond motifs is 1. The van der Waals surface area contributed by atoms with Gasteiger partial charge in [0.15, 0.2) is 5.13 Å². The first-order valence-corrected chi connectivity index (χ1v) is 8.08. The number of methoxy groups -OCH3 is 1. The zero-order valence-corrected chi connectivity index (χ0v) is 13.7. The van der Waals surface area contributed by atoms with Crippen LogP contribution in [-0.4, -0.2) is 45.3 Å². The first-order valence-electron chi connectivity index (χ1n) is 7.27. The molecule has 9 heteroatoms. The van der Waals surface area contributed by atoms with E-state index in [0.717, 1.165) is 10.6 Å². The van der Waals surface area contributed by atoms with Crippen molar-refractivity contribution < 1.29 is 14.3 Å². The second kappa shape index (κ2) is 6.37. The summed E-state index contributed by atoms with van der Waals surface area (Å²) in [6.45, 7) is 3.58. The highest BCUT2D eigenvalue weighted by Crippen LogP contribution is 2.28. The number of amides is 2. The maximum Gasteiger partial charge on any atom is 0.409 e. The van der Waals surface area contributed by atoms with Crippen molar-refractivity contribution in [2.45, 2.75) is 26.4 Å². The molecule has 0 atom stereocenters. The van der Waals surface area contributed by atoms with Crippen LogP contribution in [-0.2, 0) is 24.2 Å². The number of aryl methyl sites for hydroxylation is 1. The number of rotatable bonds is 3. The summed E-state index contributed by atoms with van der Waals surface area (Å²) in [6.07, 6.45) is 1.91. The Morgan fingerprint density at radius 1 is 1.48 bits per heavy atom. The highest BCUT2D eigenvalue weighted by molar-refractivity contribution is 7.15. The van der Waals surface area contributed by atoms with Gasteiger partial charge < -0.3 is 9.64 Å². The van der Waals surface area contributed by atoms with Crippen molar-refractivity contribution in [3.8, 4) is 0 Å². The van der Waals surface area contributed by atoms with E-state index < -0.39 is 0 Å². The molecule has 8 nitrogen and oxygen atoms in total. The fourth-order valence-electron chi connectivity index (χ4n) is 2.47. The number of thiazole rings is 1. The summed E-state index contributed by atoms with van der Waals surface area (Å²) in [7, 11) is 1.37. The molecule has 0 unspecified atom stereocenters. The van der Waals surface area contributed by atoms with Crippen LogP contribution in [0, 0.1) is 0 Å². The Morgan fingerprint density at radius 3 is 3.04 bits per heavy atom. The lowest BCUT2D eigenvalue weighted by Crippen LogP contribution is -2.35. The Morgan fingerprint density at radius 2 is 2.30 bits per heavy atom. The number of ether oxygens (including phenoxy) is 1. The van der Waals surface area contributed by atoms with Crippen molar-refractivity contribution in [1.29, 1.82) is 0 Å². The first kappa shape index (κ1) is 15.5. The monoisotopic (exact) mass is 335 g/mol. The number of aromatic nitrogens is 3. The lowest BCUT2D eigenvalue weighted by Gasteiger charge is -2.24. The normalized spacial score (nSPS) is 13.6. The number of carbonyl (C=O) groups excluding carboxylic acids is 2. The summed E-state index contributed by atoms with van der Waals surface area (Å²) >= 11 is 1.38. The molecule has 2 aromatic heterocycles. The fourth-order valence-corrected chi connectivity index (χ4v) is 3.49. The number of carbonyl (C=O) groups is 2. The van der Waals surface area contributed by atoms with Crippen LogP contribution in [0.5, 0.6) is 0 Å². The molecule has 0 saturated heterocycles. The summed E-state index contributed by atoms with van der Waals surface area (Å²) in [5.41, 5.74) is 1.42. The Labute approximate surface area is 137 Å². The van der Waals surface area contributed by atoms with E-state index in [1.165, 1.54) is 18.4 Å². The molecule has 2 aromatic rings. The summed E-state index contributed by atoms with van der Waals surface area (Å²) in [5, 5.41) is 7.43. The van der Waals surface area contributed by atoms with Gasteiger partial charge in [-0.1, -0.05) is 11.3 Å². The van der Waals surface area contributed by atoms with Crippen LogP contribution in [0.1, 0.15) is 28.0 Å². The van der Waals surface area contributed by atoms with Crippen molar-refractivity contribution in [2.24, 2.45) is 0 Å². The molecule has 0 aromatic carbocycles. The standard InChI is InChI=1S/C14H17N5O3S/c1-3-19-10(4-6-15-19)12(20)17-13-16-9-5-7-18(14(21)22-2)8-11(9)23-13/h4,6H,3,5,7-8H2,1-2H3,(H,16,17,20). The summed E-state index contributed by atoms with van der Waals surface area (Å²) in [4.78, 5) is 30.9. The molecule has 0 fully saturated rings. The number of nitrogens with zero attached hydrogens (tertiary/aromatic N) is 4. The SMILES string of the molecule is CCn1nccc1C(=O)Nc1nc2c(s1)CN(C(=O)OC)CC2. The second-order valence-corrected chi connectivity index (χ2v) is 6.10. The average Bonchev–Trinajstić information content (AvgIpc) is 3.18. The van der Waals surface area contributed by atoms with Crippen LogP contribution in [0.3, 0.4) is 0 Å². The Kier molecular flexibility index (Phi) is 4.28. The third-order valence-corrected chi connectivity index (χ3v) is 4.63. The van der Waals surface area contributed by atoms with Crippen LogP contribution < -0.4 is 5.32 Å². The quantitative estimate of drug-likeness (QED) is 0.923. The molecule has 122 valence electrons. The van der Waals surface area contributed by atoms with Gasteiger partial charge in [-0.25, -0.2) is 9.78 Å². The van der Waals surface area contributed by atoms with E-state index in [1.54, 1.807) is 21.8 Å². The minimum atomic E-state index is -0.346. The maximum atomic E-state index is 12.3. The van der Waals surface area contributed by atoms with Gasteiger partial charge in [0.1, 0.15) is 5.69 Å². The number of hydrogen-bond acceptors (Lipinski definition) is 6. The molecular weight excluding hydrogens is 318 g/mol. The maximum absolute atomic E-state index is 12.3. The van der Waals surface area contributed by atoms with Crippen molar-refractivity contribution in [2.75, 3.05) is 19.0 Å².